The Bertz CT molecular complexity index is 1070. The van der Waals surface area contributed by atoms with Crippen molar-refractivity contribution in [2.45, 2.75) is 20.8 Å². The highest BCUT2D eigenvalue weighted by Crippen LogP contribution is 2.34. The third-order valence-corrected chi connectivity index (χ3v) is 5.20. The number of nitrogens with one attached hydrogen (secondary N) is 1. The fourth-order valence-electron chi connectivity index (χ4n) is 2.87. The standard InChI is InChI=1S/C21H19Cl2NO3/c1-11(7-21(25)24-14-5-6-17(22)18(23)8-14)15-9-16-12(2)13(3)27-20(16)10-19(15)26-4/h5-10H,1-4H3,(H,24,25)/b11-7+. The molecule has 0 saturated carbocycles. The van der Waals surface area contributed by atoms with Gasteiger partial charge in [-0.2, -0.15) is 0 Å². The lowest BCUT2D eigenvalue weighted by atomic mass is 10.0. The summed E-state index contributed by atoms with van der Waals surface area (Å²) in [7, 11) is 1.59. The zero-order valence-electron chi connectivity index (χ0n) is 15.4. The number of anilines is 1. The maximum Gasteiger partial charge on any atom is 0.248 e. The van der Waals surface area contributed by atoms with Crippen LogP contribution in [0.1, 0.15) is 23.8 Å². The van der Waals surface area contributed by atoms with Crippen molar-refractivity contribution in [2.75, 3.05) is 12.4 Å². The van der Waals surface area contributed by atoms with Gasteiger partial charge in [-0.25, -0.2) is 0 Å². The van der Waals surface area contributed by atoms with E-state index in [0.29, 0.717) is 21.5 Å². The molecule has 1 N–H and O–H groups in total. The predicted molar refractivity (Wildman–Crippen MR) is 111 cm³/mol. The Hall–Kier alpha value is -2.43. The molecule has 3 aromatic rings. The van der Waals surface area contributed by atoms with Crippen molar-refractivity contribution in [3.05, 3.63) is 63.3 Å². The summed E-state index contributed by atoms with van der Waals surface area (Å²) < 4.78 is 11.2. The van der Waals surface area contributed by atoms with Crippen molar-refractivity contribution in [3.8, 4) is 5.75 Å². The Labute approximate surface area is 167 Å². The lowest BCUT2D eigenvalue weighted by molar-refractivity contribution is -0.111. The number of allylic oxidation sites excluding steroid dienone is 1. The van der Waals surface area contributed by atoms with Crippen LogP contribution in [0.2, 0.25) is 10.0 Å². The maximum absolute atomic E-state index is 12.4. The summed E-state index contributed by atoms with van der Waals surface area (Å²) in [5.74, 6) is 1.24. The Kier molecular flexibility index (Phi) is 5.49. The van der Waals surface area contributed by atoms with E-state index in [-0.39, 0.29) is 5.91 Å². The minimum atomic E-state index is -0.270. The van der Waals surface area contributed by atoms with Crippen molar-refractivity contribution in [2.24, 2.45) is 0 Å². The largest absolute Gasteiger partial charge is 0.496 e. The lowest BCUT2D eigenvalue weighted by Crippen LogP contribution is -2.08. The molecule has 2 aromatic carbocycles. The van der Waals surface area contributed by atoms with Crippen molar-refractivity contribution < 1.29 is 13.9 Å². The fourth-order valence-corrected chi connectivity index (χ4v) is 3.17. The average molecular weight is 404 g/mol. The van der Waals surface area contributed by atoms with Gasteiger partial charge in [-0.05, 0) is 56.2 Å². The van der Waals surface area contributed by atoms with Gasteiger partial charge in [-0.15, -0.1) is 0 Å². The molecular formula is C21H19Cl2NO3. The van der Waals surface area contributed by atoms with Gasteiger partial charge in [0.15, 0.2) is 0 Å². The van der Waals surface area contributed by atoms with Gasteiger partial charge in [0.1, 0.15) is 17.1 Å². The van der Waals surface area contributed by atoms with E-state index in [0.717, 1.165) is 33.4 Å². The Morgan fingerprint density at radius 2 is 1.89 bits per heavy atom. The molecule has 0 aliphatic rings. The molecule has 4 nitrogen and oxygen atoms in total. The number of amides is 1. The molecule has 1 amide bonds. The van der Waals surface area contributed by atoms with Gasteiger partial charge in [-0.1, -0.05) is 23.2 Å². The van der Waals surface area contributed by atoms with E-state index >= 15 is 0 Å². The number of hydrogen-bond donors (Lipinski definition) is 1. The molecule has 0 aliphatic heterocycles. The molecule has 140 valence electrons. The summed E-state index contributed by atoms with van der Waals surface area (Å²) in [6.07, 6.45) is 1.52. The summed E-state index contributed by atoms with van der Waals surface area (Å²) in [5.41, 5.74) is 4.01. The highest BCUT2D eigenvalue weighted by Gasteiger charge is 2.14. The number of carbonyl (C=O) groups is 1. The van der Waals surface area contributed by atoms with Crippen LogP contribution in [0.5, 0.6) is 5.75 Å². The van der Waals surface area contributed by atoms with Gasteiger partial charge in [0.2, 0.25) is 5.91 Å². The van der Waals surface area contributed by atoms with Crippen molar-refractivity contribution in [1.82, 2.24) is 0 Å². The second kappa shape index (κ2) is 7.67. The first kappa shape index (κ1) is 19.3. The molecule has 0 saturated heterocycles. The van der Waals surface area contributed by atoms with Gasteiger partial charge in [0.05, 0.1) is 17.2 Å². The Morgan fingerprint density at radius 1 is 1.15 bits per heavy atom. The molecule has 0 unspecified atom stereocenters. The highest BCUT2D eigenvalue weighted by atomic mass is 35.5. The predicted octanol–water partition coefficient (Wildman–Crippen LogP) is 6.41. The molecule has 0 aliphatic carbocycles. The van der Waals surface area contributed by atoms with Crippen molar-refractivity contribution in [1.29, 1.82) is 0 Å². The van der Waals surface area contributed by atoms with Crippen LogP contribution in [-0.4, -0.2) is 13.0 Å². The summed E-state index contributed by atoms with van der Waals surface area (Å²) >= 11 is 11.9. The van der Waals surface area contributed by atoms with Crippen LogP contribution < -0.4 is 10.1 Å². The third kappa shape index (κ3) is 3.97. The number of fused-ring (bicyclic) bond motifs is 1. The number of aryl methyl sites for hydroxylation is 2. The van der Waals surface area contributed by atoms with E-state index in [1.807, 2.05) is 32.9 Å². The first-order chi connectivity index (χ1) is 12.8. The molecule has 1 aromatic heterocycles. The van der Waals surface area contributed by atoms with E-state index in [1.165, 1.54) is 6.08 Å². The molecule has 27 heavy (non-hydrogen) atoms. The van der Waals surface area contributed by atoms with E-state index in [4.69, 9.17) is 32.4 Å². The van der Waals surface area contributed by atoms with Crippen LogP contribution in [0.4, 0.5) is 5.69 Å². The molecular weight excluding hydrogens is 385 g/mol. The van der Waals surface area contributed by atoms with Crippen molar-refractivity contribution in [3.63, 3.8) is 0 Å². The molecule has 0 radical (unpaired) electrons. The van der Waals surface area contributed by atoms with Gasteiger partial charge in [0, 0.05) is 28.8 Å². The topological polar surface area (TPSA) is 51.5 Å². The molecule has 0 fully saturated rings. The van der Waals surface area contributed by atoms with E-state index in [9.17, 15) is 4.79 Å². The molecule has 6 heteroatoms. The maximum atomic E-state index is 12.4. The smallest absolute Gasteiger partial charge is 0.248 e. The SMILES string of the molecule is COc1cc2oc(C)c(C)c2cc1/C(C)=C/C(=O)Nc1ccc(Cl)c(Cl)c1. The minimum Gasteiger partial charge on any atom is -0.496 e. The zero-order chi connectivity index (χ0) is 19.7. The van der Waals surface area contributed by atoms with E-state index in [1.54, 1.807) is 25.3 Å². The third-order valence-electron chi connectivity index (χ3n) is 4.46. The molecule has 1 heterocycles. The summed E-state index contributed by atoms with van der Waals surface area (Å²) in [4.78, 5) is 12.4. The second-order valence-corrected chi connectivity index (χ2v) is 7.09. The van der Waals surface area contributed by atoms with Crippen LogP contribution in [-0.2, 0) is 4.79 Å². The fraction of sp³-hybridized carbons (Fsp3) is 0.190. The van der Waals surface area contributed by atoms with Crippen LogP contribution in [0.25, 0.3) is 16.5 Å². The number of halogens is 2. The second-order valence-electron chi connectivity index (χ2n) is 6.28. The molecule has 0 bridgehead atoms. The normalized spacial score (nSPS) is 11.7. The van der Waals surface area contributed by atoms with Crippen LogP contribution in [0.3, 0.4) is 0 Å². The molecule has 0 spiro atoms. The van der Waals surface area contributed by atoms with Crippen LogP contribution in [0.15, 0.2) is 40.8 Å². The Balaban J connectivity index is 1.93. The monoisotopic (exact) mass is 403 g/mol. The number of furan rings is 1. The quantitative estimate of drug-likeness (QED) is 0.512. The van der Waals surface area contributed by atoms with Crippen LogP contribution >= 0.6 is 23.2 Å². The van der Waals surface area contributed by atoms with Gasteiger partial charge >= 0.3 is 0 Å². The highest BCUT2D eigenvalue weighted by molar-refractivity contribution is 6.42. The van der Waals surface area contributed by atoms with E-state index in [2.05, 4.69) is 5.32 Å². The van der Waals surface area contributed by atoms with Crippen LogP contribution in [0, 0.1) is 13.8 Å². The summed E-state index contributed by atoms with van der Waals surface area (Å²) in [6, 6.07) is 8.77. The zero-order valence-corrected chi connectivity index (χ0v) is 17.0. The number of benzene rings is 2. The summed E-state index contributed by atoms with van der Waals surface area (Å²) in [6.45, 7) is 5.79. The summed E-state index contributed by atoms with van der Waals surface area (Å²) in [5, 5.41) is 4.60. The number of methoxy groups -OCH3 is 1. The lowest BCUT2D eigenvalue weighted by Gasteiger charge is -2.10. The number of carbonyl (C=O) groups excluding carboxylic acids is 1. The van der Waals surface area contributed by atoms with Gasteiger partial charge < -0.3 is 14.5 Å². The number of ether oxygens (including phenoxy) is 1. The molecule has 3 rings (SSSR count). The van der Waals surface area contributed by atoms with Gasteiger partial charge in [0.25, 0.3) is 0 Å². The number of rotatable bonds is 4. The molecule has 0 atom stereocenters. The average Bonchev–Trinajstić information content (AvgIpc) is 2.90. The van der Waals surface area contributed by atoms with Gasteiger partial charge in [-0.3, -0.25) is 4.79 Å². The first-order valence-electron chi connectivity index (χ1n) is 8.32. The Morgan fingerprint density at radius 3 is 2.56 bits per heavy atom. The number of hydrogen-bond acceptors (Lipinski definition) is 3. The minimum absolute atomic E-state index is 0.270. The first-order valence-corrected chi connectivity index (χ1v) is 9.08. The van der Waals surface area contributed by atoms with Crippen molar-refractivity contribution >= 4 is 51.3 Å². The van der Waals surface area contributed by atoms with E-state index < -0.39 is 0 Å².